The van der Waals surface area contributed by atoms with Gasteiger partial charge in [-0.3, -0.25) is 0 Å². The minimum atomic E-state index is -0.915. The summed E-state index contributed by atoms with van der Waals surface area (Å²) in [5.74, 6) is -0.211. The van der Waals surface area contributed by atoms with Gasteiger partial charge in [0.15, 0.2) is 0 Å². The van der Waals surface area contributed by atoms with Crippen LogP contribution in [0.25, 0.3) is 0 Å². The van der Waals surface area contributed by atoms with Crippen molar-refractivity contribution in [1.29, 1.82) is 0 Å². The van der Waals surface area contributed by atoms with Crippen molar-refractivity contribution in [3.05, 3.63) is 28.2 Å². The molecule has 0 amide bonds. The van der Waals surface area contributed by atoms with Gasteiger partial charge in [0.1, 0.15) is 0 Å². The van der Waals surface area contributed by atoms with Crippen LogP contribution in [0.3, 0.4) is 0 Å². The molecule has 1 aromatic rings. The minimum Gasteiger partial charge on any atom is -0.478 e. The molecule has 3 nitrogen and oxygen atoms in total. The number of aromatic carboxylic acids is 1. The van der Waals surface area contributed by atoms with Crippen LogP contribution >= 0.6 is 15.9 Å². The summed E-state index contributed by atoms with van der Waals surface area (Å²) >= 11 is 3.28. The second-order valence-corrected chi connectivity index (χ2v) is 5.87. The third-order valence-electron chi connectivity index (χ3n) is 2.79. The fourth-order valence-corrected chi connectivity index (χ4v) is 2.27. The number of halogens is 1. The maximum Gasteiger partial charge on any atom is 0.336 e. The number of hydrogen-bond donors (Lipinski definition) is 2. The summed E-state index contributed by atoms with van der Waals surface area (Å²) in [6, 6.07) is 5.62. The number of carboxylic acids is 1. The molecule has 1 atom stereocenters. The van der Waals surface area contributed by atoms with Crippen molar-refractivity contribution >= 4 is 27.6 Å². The summed E-state index contributed by atoms with van der Waals surface area (Å²) in [4.78, 5) is 10.9. The van der Waals surface area contributed by atoms with E-state index in [1.165, 1.54) is 6.42 Å². The summed E-state index contributed by atoms with van der Waals surface area (Å²) in [6.45, 7) is 6.57. The van der Waals surface area contributed by atoms with Crippen molar-refractivity contribution in [3.63, 3.8) is 0 Å². The Bertz CT molecular complexity index is 418. The van der Waals surface area contributed by atoms with Gasteiger partial charge in [0.05, 0.1) is 5.56 Å². The van der Waals surface area contributed by atoms with E-state index in [0.717, 1.165) is 12.1 Å². The van der Waals surface area contributed by atoms with Crippen LogP contribution in [0, 0.1) is 5.92 Å². The maximum atomic E-state index is 10.9. The molecule has 100 valence electrons. The maximum absolute atomic E-state index is 10.9. The lowest BCUT2D eigenvalue weighted by Crippen LogP contribution is -2.16. The number of hydrogen-bond acceptors (Lipinski definition) is 2. The van der Waals surface area contributed by atoms with Gasteiger partial charge in [-0.1, -0.05) is 13.8 Å². The molecule has 0 saturated carbocycles. The molecule has 0 aliphatic heterocycles. The van der Waals surface area contributed by atoms with E-state index in [-0.39, 0.29) is 5.56 Å². The molecule has 0 aromatic heterocycles. The summed E-state index contributed by atoms with van der Waals surface area (Å²) < 4.78 is 0.607. The van der Waals surface area contributed by atoms with Gasteiger partial charge in [0, 0.05) is 16.2 Å². The van der Waals surface area contributed by atoms with E-state index in [4.69, 9.17) is 5.11 Å². The number of anilines is 1. The molecule has 0 radical (unpaired) electrons. The average molecular weight is 314 g/mol. The number of carbonyl (C=O) groups is 1. The molecule has 1 rings (SSSR count). The van der Waals surface area contributed by atoms with E-state index in [1.807, 2.05) is 6.07 Å². The molecule has 18 heavy (non-hydrogen) atoms. The number of benzene rings is 1. The summed E-state index contributed by atoms with van der Waals surface area (Å²) in [5, 5.41) is 12.3. The van der Waals surface area contributed by atoms with Crippen molar-refractivity contribution in [3.8, 4) is 0 Å². The van der Waals surface area contributed by atoms with E-state index in [1.54, 1.807) is 12.1 Å². The Labute approximate surface area is 117 Å². The lowest BCUT2D eigenvalue weighted by molar-refractivity contribution is 0.0696. The molecule has 2 N–H and O–H groups in total. The average Bonchev–Trinajstić information content (AvgIpc) is 2.26. The third-order valence-corrected chi connectivity index (χ3v) is 3.45. The van der Waals surface area contributed by atoms with Crippen molar-refractivity contribution < 1.29 is 9.90 Å². The molecule has 0 aliphatic carbocycles. The number of nitrogens with one attached hydrogen (secondary N) is 1. The minimum absolute atomic E-state index is 0.287. The lowest BCUT2D eigenvalue weighted by Gasteiger charge is -2.16. The molecule has 0 saturated heterocycles. The van der Waals surface area contributed by atoms with Gasteiger partial charge in [-0.25, -0.2) is 4.79 Å². The van der Waals surface area contributed by atoms with E-state index in [2.05, 4.69) is 42.0 Å². The first-order valence-corrected chi connectivity index (χ1v) is 6.98. The Morgan fingerprint density at radius 1 is 1.33 bits per heavy atom. The highest BCUT2D eigenvalue weighted by molar-refractivity contribution is 9.10. The smallest absolute Gasteiger partial charge is 0.336 e. The van der Waals surface area contributed by atoms with Gasteiger partial charge in [-0.2, -0.15) is 0 Å². The molecule has 0 heterocycles. The molecule has 0 aliphatic rings. The van der Waals surface area contributed by atoms with Crippen LogP contribution in [-0.4, -0.2) is 17.1 Å². The van der Waals surface area contributed by atoms with E-state index >= 15 is 0 Å². The van der Waals surface area contributed by atoms with Crippen LogP contribution in [0.4, 0.5) is 5.69 Å². The fraction of sp³-hybridized carbons (Fsp3) is 0.500. The predicted molar refractivity (Wildman–Crippen MR) is 78.3 cm³/mol. The molecular weight excluding hydrogens is 294 g/mol. The van der Waals surface area contributed by atoms with Gasteiger partial charge >= 0.3 is 5.97 Å². The van der Waals surface area contributed by atoms with Crippen LogP contribution < -0.4 is 5.32 Å². The molecule has 0 bridgehead atoms. The third kappa shape index (κ3) is 4.69. The monoisotopic (exact) mass is 313 g/mol. The van der Waals surface area contributed by atoms with Gasteiger partial charge in [-0.05, 0) is 59.8 Å². The number of carboxylic acid groups (broad SMARTS) is 1. The van der Waals surface area contributed by atoms with Crippen LogP contribution in [0.15, 0.2) is 22.7 Å². The van der Waals surface area contributed by atoms with Gasteiger partial charge in [-0.15, -0.1) is 0 Å². The Balaban J connectivity index is 2.63. The zero-order valence-electron chi connectivity index (χ0n) is 11.0. The lowest BCUT2D eigenvalue weighted by atomic mass is 10.0. The quantitative estimate of drug-likeness (QED) is 0.819. The Morgan fingerprint density at radius 2 is 2.00 bits per heavy atom. The van der Waals surface area contributed by atoms with Crippen molar-refractivity contribution in [1.82, 2.24) is 0 Å². The first-order valence-electron chi connectivity index (χ1n) is 6.19. The van der Waals surface area contributed by atoms with Crippen LogP contribution in [0.2, 0.25) is 0 Å². The van der Waals surface area contributed by atoms with Crippen LogP contribution in [-0.2, 0) is 0 Å². The highest BCUT2D eigenvalue weighted by Gasteiger charge is 2.09. The first-order chi connectivity index (χ1) is 8.40. The van der Waals surface area contributed by atoms with Crippen LogP contribution in [0.5, 0.6) is 0 Å². The molecular formula is C14H20BrNO2. The van der Waals surface area contributed by atoms with E-state index < -0.39 is 5.97 Å². The summed E-state index contributed by atoms with van der Waals surface area (Å²) in [7, 11) is 0. The van der Waals surface area contributed by atoms with Crippen molar-refractivity contribution in [2.45, 2.75) is 39.7 Å². The molecule has 4 heteroatoms. The van der Waals surface area contributed by atoms with E-state index in [0.29, 0.717) is 16.4 Å². The van der Waals surface area contributed by atoms with Crippen molar-refractivity contribution in [2.24, 2.45) is 5.92 Å². The predicted octanol–water partition coefficient (Wildman–Crippen LogP) is 4.38. The van der Waals surface area contributed by atoms with Crippen molar-refractivity contribution in [2.75, 3.05) is 5.32 Å². The highest BCUT2D eigenvalue weighted by atomic mass is 79.9. The van der Waals surface area contributed by atoms with Gasteiger partial charge < -0.3 is 10.4 Å². The fourth-order valence-electron chi connectivity index (χ4n) is 1.72. The Morgan fingerprint density at radius 3 is 2.50 bits per heavy atom. The Hall–Kier alpha value is -1.03. The highest BCUT2D eigenvalue weighted by Crippen LogP contribution is 2.22. The van der Waals surface area contributed by atoms with Crippen LogP contribution in [0.1, 0.15) is 44.0 Å². The van der Waals surface area contributed by atoms with Gasteiger partial charge in [0.2, 0.25) is 0 Å². The molecule has 1 unspecified atom stereocenters. The second-order valence-electron chi connectivity index (χ2n) is 5.02. The standard InChI is InChI=1S/C14H20BrNO2/c1-9(2)4-5-10(3)16-11-6-7-12(14(17)18)13(15)8-11/h6-10,16H,4-5H2,1-3H3,(H,17,18). The zero-order valence-corrected chi connectivity index (χ0v) is 12.6. The number of rotatable bonds is 6. The topological polar surface area (TPSA) is 49.3 Å². The SMILES string of the molecule is CC(C)CCC(C)Nc1ccc(C(=O)O)c(Br)c1. The normalized spacial score (nSPS) is 12.5. The largest absolute Gasteiger partial charge is 0.478 e. The van der Waals surface area contributed by atoms with E-state index in [9.17, 15) is 4.79 Å². The van der Waals surface area contributed by atoms with Gasteiger partial charge in [0.25, 0.3) is 0 Å². The second kappa shape index (κ2) is 6.78. The summed E-state index contributed by atoms with van der Waals surface area (Å²) in [5.41, 5.74) is 1.23. The molecule has 1 aromatic carbocycles. The zero-order chi connectivity index (χ0) is 13.7. The summed E-state index contributed by atoms with van der Waals surface area (Å²) in [6.07, 6.45) is 2.29. The Kier molecular flexibility index (Phi) is 5.66. The molecule has 0 fully saturated rings. The first kappa shape index (κ1) is 15.0. The molecule has 0 spiro atoms.